The standard InChI is InChI=1S/C10H12N4/c1-8-10(7-11)14(13-12-8)9-5-3-2-4-6-9/h2-6H,7,11H2,1H3. The maximum Gasteiger partial charge on any atom is 0.0846 e. The summed E-state index contributed by atoms with van der Waals surface area (Å²) in [7, 11) is 0. The fourth-order valence-electron chi connectivity index (χ4n) is 1.39. The molecular weight excluding hydrogens is 176 g/mol. The molecule has 0 amide bonds. The number of aromatic nitrogens is 3. The minimum atomic E-state index is 0.452. The summed E-state index contributed by atoms with van der Waals surface area (Å²) in [6.07, 6.45) is 0. The van der Waals surface area contributed by atoms with E-state index < -0.39 is 0 Å². The zero-order valence-corrected chi connectivity index (χ0v) is 8.01. The molecule has 0 unspecified atom stereocenters. The van der Waals surface area contributed by atoms with Crippen molar-refractivity contribution in [3.8, 4) is 5.69 Å². The van der Waals surface area contributed by atoms with Crippen LogP contribution in [-0.2, 0) is 6.54 Å². The highest BCUT2D eigenvalue weighted by atomic mass is 15.4. The van der Waals surface area contributed by atoms with Gasteiger partial charge in [-0.25, -0.2) is 4.68 Å². The highest BCUT2D eigenvalue weighted by molar-refractivity contribution is 5.32. The van der Waals surface area contributed by atoms with Crippen molar-refractivity contribution in [2.75, 3.05) is 0 Å². The number of para-hydroxylation sites is 1. The van der Waals surface area contributed by atoms with Crippen molar-refractivity contribution in [3.63, 3.8) is 0 Å². The minimum Gasteiger partial charge on any atom is -0.325 e. The topological polar surface area (TPSA) is 56.7 Å². The summed E-state index contributed by atoms with van der Waals surface area (Å²) < 4.78 is 1.77. The van der Waals surface area contributed by atoms with Crippen molar-refractivity contribution >= 4 is 0 Å². The first-order valence-corrected chi connectivity index (χ1v) is 4.49. The number of hydrogen-bond donors (Lipinski definition) is 1. The van der Waals surface area contributed by atoms with Gasteiger partial charge in [-0.3, -0.25) is 0 Å². The molecule has 0 aliphatic rings. The molecule has 0 aliphatic carbocycles. The van der Waals surface area contributed by atoms with E-state index in [1.165, 1.54) is 0 Å². The van der Waals surface area contributed by atoms with Gasteiger partial charge >= 0.3 is 0 Å². The van der Waals surface area contributed by atoms with Gasteiger partial charge in [-0.05, 0) is 19.1 Å². The SMILES string of the molecule is Cc1nnn(-c2ccccc2)c1CN. The molecule has 1 aromatic carbocycles. The van der Waals surface area contributed by atoms with Gasteiger partial charge in [-0.2, -0.15) is 0 Å². The van der Waals surface area contributed by atoms with Gasteiger partial charge < -0.3 is 5.73 Å². The first-order chi connectivity index (χ1) is 6.83. The average Bonchev–Trinajstić information content (AvgIpc) is 2.61. The second-order valence-corrected chi connectivity index (χ2v) is 3.07. The van der Waals surface area contributed by atoms with E-state index in [1.807, 2.05) is 37.3 Å². The molecule has 0 fully saturated rings. The second-order valence-electron chi connectivity index (χ2n) is 3.07. The molecule has 0 radical (unpaired) electrons. The van der Waals surface area contributed by atoms with Crippen molar-refractivity contribution in [2.24, 2.45) is 5.73 Å². The van der Waals surface area contributed by atoms with Crippen LogP contribution in [0.4, 0.5) is 0 Å². The Morgan fingerprint density at radius 2 is 2.00 bits per heavy atom. The van der Waals surface area contributed by atoms with Crippen molar-refractivity contribution < 1.29 is 0 Å². The Hall–Kier alpha value is -1.68. The zero-order valence-electron chi connectivity index (χ0n) is 8.01. The van der Waals surface area contributed by atoms with E-state index in [9.17, 15) is 0 Å². The molecule has 1 heterocycles. The van der Waals surface area contributed by atoms with Gasteiger partial charge in [-0.15, -0.1) is 5.10 Å². The van der Waals surface area contributed by atoms with Crippen LogP contribution >= 0.6 is 0 Å². The Balaban J connectivity index is 2.52. The van der Waals surface area contributed by atoms with Crippen LogP contribution < -0.4 is 5.73 Å². The van der Waals surface area contributed by atoms with Crippen molar-refractivity contribution in [3.05, 3.63) is 41.7 Å². The summed E-state index contributed by atoms with van der Waals surface area (Å²) in [5.74, 6) is 0. The molecule has 0 saturated carbocycles. The molecule has 4 heteroatoms. The third kappa shape index (κ3) is 1.40. The Morgan fingerprint density at radius 1 is 1.29 bits per heavy atom. The van der Waals surface area contributed by atoms with Crippen LogP contribution in [-0.4, -0.2) is 15.0 Å². The Kier molecular flexibility index (Phi) is 2.28. The summed E-state index contributed by atoms with van der Waals surface area (Å²) in [5, 5.41) is 8.04. The zero-order chi connectivity index (χ0) is 9.97. The van der Waals surface area contributed by atoms with Crippen LogP contribution in [0, 0.1) is 6.92 Å². The maximum atomic E-state index is 5.63. The molecule has 0 spiro atoms. The Morgan fingerprint density at radius 3 is 2.64 bits per heavy atom. The van der Waals surface area contributed by atoms with Crippen molar-refractivity contribution in [2.45, 2.75) is 13.5 Å². The molecule has 1 aromatic heterocycles. The van der Waals surface area contributed by atoms with Crippen molar-refractivity contribution in [1.29, 1.82) is 0 Å². The van der Waals surface area contributed by atoms with Crippen LogP contribution in [0.5, 0.6) is 0 Å². The molecule has 0 aliphatic heterocycles. The highest BCUT2D eigenvalue weighted by Crippen LogP contribution is 2.10. The number of aryl methyl sites for hydroxylation is 1. The predicted octanol–water partition coefficient (Wildman–Crippen LogP) is 1.03. The number of benzene rings is 1. The first-order valence-electron chi connectivity index (χ1n) is 4.49. The first kappa shape index (κ1) is 8.90. The highest BCUT2D eigenvalue weighted by Gasteiger charge is 2.07. The second kappa shape index (κ2) is 3.59. The maximum absolute atomic E-state index is 5.63. The van der Waals surface area contributed by atoms with E-state index in [0.717, 1.165) is 17.1 Å². The van der Waals surface area contributed by atoms with Gasteiger partial charge in [0.1, 0.15) is 0 Å². The van der Waals surface area contributed by atoms with Crippen LogP contribution in [0.2, 0.25) is 0 Å². The summed E-state index contributed by atoms with van der Waals surface area (Å²) >= 11 is 0. The lowest BCUT2D eigenvalue weighted by atomic mass is 10.3. The lowest BCUT2D eigenvalue weighted by Gasteiger charge is -2.03. The number of nitrogens with two attached hydrogens (primary N) is 1. The minimum absolute atomic E-state index is 0.452. The van der Waals surface area contributed by atoms with Crippen LogP contribution in [0.15, 0.2) is 30.3 Å². The van der Waals surface area contributed by atoms with Crippen LogP contribution in [0.1, 0.15) is 11.4 Å². The Bertz CT molecular complexity index is 419. The predicted molar refractivity (Wildman–Crippen MR) is 54.0 cm³/mol. The molecule has 0 saturated heterocycles. The van der Waals surface area contributed by atoms with Gasteiger partial charge in [0.15, 0.2) is 0 Å². The van der Waals surface area contributed by atoms with E-state index in [1.54, 1.807) is 4.68 Å². The van der Waals surface area contributed by atoms with E-state index in [0.29, 0.717) is 6.54 Å². The molecule has 0 bridgehead atoms. The number of rotatable bonds is 2. The summed E-state index contributed by atoms with van der Waals surface area (Å²) in [5.41, 5.74) is 8.47. The quantitative estimate of drug-likeness (QED) is 0.766. The molecule has 2 aromatic rings. The van der Waals surface area contributed by atoms with Gasteiger partial charge in [0, 0.05) is 6.54 Å². The van der Waals surface area contributed by atoms with E-state index in [-0.39, 0.29) is 0 Å². The number of nitrogens with zero attached hydrogens (tertiary/aromatic N) is 3. The molecule has 2 N–H and O–H groups in total. The van der Waals surface area contributed by atoms with E-state index >= 15 is 0 Å². The summed E-state index contributed by atoms with van der Waals surface area (Å²) in [6.45, 7) is 2.36. The van der Waals surface area contributed by atoms with Crippen LogP contribution in [0.3, 0.4) is 0 Å². The molecule has 0 atom stereocenters. The average molecular weight is 188 g/mol. The Labute approximate surface area is 82.4 Å². The summed E-state index contributed by atoms with van der Waals surface area (Å²) in [6, 6.07) is 9.86. The monoisotopic (exact) mass is 188 g/mol. The molecule has 4 nitrogen and oxygen atoms in total. The summed E-state index contributed by atoms with van der Waals surface area (Å²) in [4.78, 5) is 0. The molecule has 72 valence electrons. The molecule has 2 rings (SSSR count). The van der Waals surface area contributed by atoms with E-state index in [2.05, 4.69) is 10.3 Å². The lowest BCUT2D eigenvalue weighted by Crippen LogP contribution is -2.07. The lowest BCUT2D eigenvalue weighted by molar-refractivity contribution is 0.761. The third-order valence-electron chi connectivity index (χ3n) is 2.15. The van der Waals surface area contributed by atoms with Gasteiger partial charge in [0.2, 0.25) is 0 Å². The molecular formula is C10H12N4. The van der Waals surface area contributed by atoms with Crippen molar-refractivity contribution in [1.82, 2.24) is 15.0 Å². The third-order valence-corrected chi connectivity index (χ3v) is 2.15. The van der Waals surface area contributed by atoms with E-state index in [4.69, 9.17) is 5.73 Å². The van der Waals surface area contributed by atoms with Gasteiger partial charge in [-0.1, -0.05) is 23.4 Å². The number of hydrogen-bond acceptors (Lipinski definition) is 3. The fraction of sp³-hybridized carbons (Fsp3) is 0.200. The largest absolute Gasteiger partial charge is 0.325 e. The molecule has 14 heavy (non-hydrogen) atoms. The smallest absolute Gasteiger partial charge is 0.0846 e. The fourth-order valence-corrected chi connectivity index (χ4v) is 1.39. The van der Waals surface area contributed by atoms with Gasteiger partial charge in [0.25, 0.3) is 0 Å². The normalized spacial score (nSPS) is 10.4. The van der Waals surface area contributed by atoms with Crippen LogP contribution in [0.25, 0.3) is 5.69 Å². The van der Waals surface area contributed by atoms with Gasteiger partial charge in [0.05, 0.1) is 17.1 Å².